The van der Waals surface area contributed by atoms with Gasteiger partial charge < -0.3 is 4.74 Å². The van der Waals surface area contributed by atoms with E-state index < -0.39 is 6.35 Å². The van der Waals surface area contributed by atoms with Gasteiger partial charge >= 0.3 is 0 Å². The number of hydrogen-bond acceptors (Lipinski definition) is 3. The fourth-order valence-electron chi connectivity index (χ4n) is 1.18. The van der Waals surface area contributed by atoms with Gasteiger partial charge in [0.1, 0.15) is 0 Å². The molecular weight excluding hydrogens is 152 g/mol. The van der Waals surface area contributed by atoms with Crippen molar-refractivity contribution in [2.75, 3.05) is 6.61 Å². The van der Waals surface area contributed by atoms with Crippen LogP contribution in [-0.4, -0.2) is 18.7 Å². The molecule has 0 radical (unpaired) electrons. The van der Waals surface area contributed by atoms with E-state index in [0.717, 1.165) is 11.3 Å². The van der Waals surface area contributed by atoms with Gasteiger partial charge in [0.15, 0.2) is 0 Å². The fourth-order valence-corrected chi connectivity index (χ4v) is 1.18. The molecule has 0 fully saturated rings. The maximum Gasteiger partial charge on any atom is 0.202 e. The summed E-state index contributed by atoms with van der Waals surface area (Å²) < 4.78 is 5.09. The molecule has 3 heteroatoms. The minimum absolute atomic E-state index is 0.472. The molecule has 0 saturated carbocycles. The summed E-state index contributed by atoms with van der Waals surface area (Å²) in [5.41, 5.74) is 7.47. The number of ether oxygens (including phenoxy) is 1. The van der Waals surface area contributed by atoms with Crippen molar-refractivity contribution in [3.63, 3.8) is 0 Å². The van der Waals surface area contributed by atoms with Crippen molar-refractivity contribution >= 4 is 5.71 Å². The smallest absolute Gasteiger partial charge is 0.202 e. The highest BCUT2D eigenvalue weighted by Gasteiger charge is 2.14. The van der Waals surface area contributed by atoms with Crippen LogP contribution >= 0.6 is 0 Å². The van der Waals surface area contributed by atoms with E-state index in [0.29, 0.717) is 6.61 Å². The van der Waals surface area contributed by atoms with Crippen LogP contribution in [0.4, 0.5) is 0 Å². The van der Waals surface area contributed by atoms with E-state index >= 15 is 0 Å². The minimum Gasteiger partial charge on any atom is -0.337 e. The third-order valence-electron chi connectivity index (χ3n) is 1.78. The third-order valence-corrected chi connectivity index (χ3v) is 1.78. The number of hydrogen-bond donors (Lipinski definition) is 1. The summed E-state index contributed by atoms with van der Waals surface area (Å²) in [6.07, 6.45) is -0.472. The van der Waals surface area contributed by atoms with Crippen LogP contribution in [0.1, 0.15) is 5.56 Å². The standard InChI is InChI=1S/C9H10N2O/c10-9-11-8(6-12-9)7-4-2-1-3-5-7/h1-5,9H,6,10H2. The van der Waals surface area contributed by atoms with Crippen molar-refractivity contribution in [1.29, 1.82) is 0 Å². The molecule has 1 heterocycles. The molecule has 3 nitrogen and oxygen atoms in total. The van der Waals surface area contributed by atoms with Gasteiger partial charge in [-0.1, -0.05) is 30.3 Å². The highest BCUT2D eigenvalue weighted by molar-refractivity contribution is 6.02. The van der Waals surface area contributed by atoms with Gasteiger partial charge in [-0.05, 0) is 5.56 Å². The van der Waals surface area contributed by atoms with Crippen LogP contribution < -0.4 is 5.73 Å². The monoisotopic (exact) mass is 162 g/mol. The number of benzene rings is 1. The molecule has 1 aliphatic rings. The van der Waals surface area contributed by atoms with Crippen molar-refractivity contribution in [3.05, 3.63) is 35.9 Å². The average molecular weight is 162 g/mol. The van der Waals surface area contributed by atoms with Gasteiger partial charge in [0.2, 0.25) is 6.35 Å². The maximum atomic E-state index is 5.45. The first-order valence-electron chi connectivity index (χ1n) is 3.85. The second-order valence-corrected chi connectivity index (χ2v) is 2.64. The minimum atomic E-state index is -0.472. The molecule has 1 atom stereocenters. The number of nitrogens with zero attached hydrogens (tertiary/aromatic N) is 1. The molecule has 0 amide bonds. The average Bonchev–Trinajstić information content (AvgIpc) is 2.54. The largest absolute Gasteiger partial charge is 0.337 e. The van der Waals surface area contributed by atoms with E-state index in [1.165, 1.54) is 0 Å². The molecule has 0 aromatic heterocycles. The summed E-state index contributed by atoms with van der Waals surface area (Å²) in [4.78, 5) is 4.13. The number of nitrogens with two attached hydrogens (primary N) is 1. The van der Waals surface area contributed by atoms with E-state index in [1.807, 2.05) is 30.3 Å². The van der Waals surface area contributed by atoms with E-state index in [-0.39, 0.29) is 0 Å². The molecular formula is C9H10N2O. The molecule has 12 heavy (non-hydrogen) atoms. The van der Waals surface area contributed by atoms with Gasteiger partial charge in [-0.25, -0.2) is 4.99 Å². The lowest BCUT2D eigenvalue weighted by molar-refractivity contribution is 0.115. The summed E-state index contributed by atoms with van der Waals surface area (Å²) in [5, 5.41) is 0. The topological polar surface area (TPSA) is 47.6 Å². The number of aliphatic imine (C=N–C) groups is 1. The molecule has 0 aliphatic carbocycles. The summed E-state index contributed by atoms with van der Waals surface area (Å²) in [7, 11) is 0. The van der Waals surface area contributed by atoms with Crippen LogP contribution in [0, 0.1) is 0 Å². The van der Waals surface area contributed by atoms with Crippen molar-refractivity contribution < 1.29 is 4.74 Å². The van der Waals surface area contributed by atoms with Gasteiger partial charge in [0.25, 0.3) is 0 Å². The SMILES string of the molecule is NC1N=C(c2ccccc2)CO1. The Morgan fingerprint density at radius 3 is 2.67 bits per heavy atom. The molecule has 1 aromatic carbocycles. The Balaban J connectivity index is 2.27. The van der Waals surface area contributed by atoms with Crippen LogP contribution in [0.25, 0.3) is 0 Å². The van der Waals surface area contributed by atoms with Gasteiger partial charge in [-0.2, -0.15) is 0 Å². The van der Waals surface area contributed by atoms with Gasteiger partial charge in [0.05, 0.1) is 12.3 Å². The zero-order valence-electron chi connectivity index (χ0n) is 6.60. The van der Waals surface area contributed by atoms with Crippen LogP contribution in [0.5, 0.6) is 0 Å². The highest BCUT2D eigenvalue weighted by atomic mass is 16.5. The quantitative estimate of drug-likeness (QED) is 0.662. The van der Waals surface area contributed by atoms with Crippen LogP contribution in [0.2, 0.25) is 0 Å². The first-order valence-corrected chi connectivity index (χ1v) is 3.85. The summed E-state index contributed by atoms with van der Waals surface area (Å²) in [5.74, 6) is 0. The summed E-state index contributed by atoms with van der Waals surface area (Å²) in [6, 6.07) is 9.92. The molecule has 1 unspecified atom stereocenters. The van der Waals surface area contributed by atoms with Crippen LogP contribution in [0.15, 0.2) is 35.3 Å². The van der Waals surface area contributed by atoms with E-state index in [1.54, 1.807) is 0 Å². The molecule has 62 valence electrons. The first-order chi connectivity index (χ1) is 5.86. The van der Waals surface area contributed by atoms with Crippen molar-refractivity contribution in [2.24, 2.45) is 10.7 Å². The maximum absolute atomic E-state index is 5.45. The predicted molar refractivity (Wildman–Crippen MR) is 46.9 cm³/mol. The predicted octanol–water partition coefficient (Wildman–Crippen LogP) is 0.748. The Bertz CT molecular complexity index is 295. The third kappa shape index (κ3) is 1.37. The van der Waals surface area contributed by atoms with Crippen LogP contribution in [0.3, 0.4) is 0 Å². The van der Waals surface area contributed by atoms with E-state index in [9.17, 15) is 0 Å². The zero-order valence-corrected chi connectivity index (χ0v) is 6.60. The second kappa shape index (κ2) is 3.05. The molecule has 0 spiro atoms. The second-order valence-electron chi connectivity index (χ2n) is 2.64. The summed E-state index contributed by atoms with van der Waals surface area (Å²) >= 11 is 0. The Morgan fingerprint density at radius 2 is 2.08 bits per heavy atom. The molecule has 0 bridgehead atoms. The Hall–Kier alpha value is -1.19. The van der Waals surface area contributed by atoms with Gasteiger partial charge in [-0.3, -0.25) is 5.73 Å². The molecule has 2 N–H and O–H groups in total. The van der Waals surface area contributed by atoms with Crippen molar-refractivity contribution in [3.8, 4) is 0 Å². The molecule has 1 aliphatic heterocycles. The lowest BCUT2D eigenvalue weighted by Crippen LogP contribution is -2.15. The van der Waals surface area contributed by atoms with Gasteiger partial charge in [-0.15, -0.1) is 0 Å². The fraction of sp³-hybridized carbons (Fsp3) is 0.222. The number of rotatable bonds is 1. The highest BCUT2D eigenvalue weighted by Crippen LogP contribution is 2.08. The van der Waals surface area contributed by atoms with E-state index in [2.05, 4.69) is 4.99 Å². The lowest BCUT2D eigenvalue weighted by atomic mass is 10.1. The Labute approximate surface area is 70.9 Å². The molecule has 2 rings (SSSR count). The van der Waals surface area contributed by atoms with Crippen molar-refractivity contribution in [1.82, 2.24) is 0 Å². The molecule has 1 aromatic rings. The molecule has 0 saturated heterocycles. The normalized spacial score (nSPS) is 22.4. The van der Waals surface area contributed by atoms with E-state index in [4.69, 9.17) is 10.5 Å². The zero-order chi connectivity index (χ0) is 8.39. The van der Waals surface area contributed by atoms with Crippen LogP contribution in [-0.2, 0) is 4.74 Å². The van der Waals surface area contributed by atoms with Gasteiger partial charge in [0, 0.05) is 0 Å². The van der Waals surface area contributed by atoms with Crippen molar-refractivity contribution in [2.45, 2.75) is 6.35 Å². The lowest BCUT2D eigenvalue weighted by Gasteiger charge is -1.96. The summed E-state index contributed by atoms with van der Waals surface area (Å²) in [6.45, 7) is 0.519. The Kier molecular flexibility index (Phi) is 1.89. The Morgan fingerprint density at radius 1 is 1.33 bits per heavy atom. The first kappa shape index (κ1) is 7.46.